The van der Waals surface area contributed by atoms with Crippen molar-refractivity contribution in [2.45, 2.75) is 43.9 Å². The lowest BCUT2D eigenvalue weighted by atomic mass is 10.0. The van der Waals surface area contributed by atoms with Crippen LogP contribution in [0.15, 0.2) is 48.5 Å². The highest BCUT2D eigenvalue weighted by Gasteiger charge is 2.30. The fourth-order valence-electron chi connectivity index (χ4n) is 3.47. The molecule has 0 aliphatic heterocycles. The lowest BCUT2D eigenvalue weighted by Gasteiger charge is -2.19. The first-order valence-corrected chi connectivity index (χ1v) is 9.77. The number of alkyl halides is 3. The van der Waals surface area contributed by atoms with E-state index in [0.717, 1.165) is 37.8 Å². The average molecular weight is 420 g/mol. The Morgan fingerprint density at radius 3 is 2.00 bits per heavy atom. The summed E-state index contributed by atoms with van der Waals surface area (Å²) in [5.74, 6) is -0.936. The molecule has 5 nitrogen and oxygen atoms in total. The maximum Gasteiger partial charge on any atom is 0.416 e. The number of aliphatic hydroxyl groups excluding tert-OH is 1. The molecular weight excluding hydrogens is 397 g/mol. The van der Waals surface area contributed by atoms with Gasteiger partial charge in [-0.25, -0.2) is 0 Å². The van der Waals surface area contributed by atoms with Crippen LogP contribution in [0.3, 0.4) is 0 Å². The second kappa shape index (κ2) is 9.30. The maximum atomic E-state index is 12.7. The van der Waals surface area contributed by atoms with Crippen molar-refractivity contribution in [3.05, 3.63) is 59.7 Å². The van der Waals surface area contributed by atoms with Gasteiger partial charge in [-0.2, -0.15) is 13.2 Å². The molecule has 0 bridgehead atoms. The molecule has 160 valence electrons. The van der Waals surface area contributed by atoms with E-state index >= 15 is 0 Å². The highest BCUT2D eigenvalue weighted by atomic mass is 19.4. The zero-order chi connectivity index (χ0) is 21.7. The number of amides is 2. The van der Waals surface area contributed by atoms with Crippen LogP contribution in [-0.4, -0.2) is 35.6 Å². The fraction of sp³-hybridized carbons (Fsp3) is 0.364. The van der Waals surface area contributed by atoms with E-state index in [1.807, 2.05) is 0 Å². The van der Waals surface area contributed by atoms with Crippen molar-refractivity contribution in [3.63, 3.8) is 0 Å². The van der Waals surface area contributed by atoms with Crippen LogP contribution in [-0.2, 0) is 11.0 Å². The van der Waals surface area contributed by atoms with Gasteiger partial charge in [-0.05, 0) is 48.2 Å². The lowest BCUT2D eigenvalue weighted by molar-refractivity contribution is -0.137. The third kappa shape index (κ3) is 5.38. The highest BCUT2D eigenvalue weighted by Crippen LogP contribution is 2.31. The molecule has 1 aliphatic carbocycles. The molecule has 1 aliphatic rings. The van der Waals surface area contributed by atoms with Gasteiger partial charge in [-0.3, -0.25) is 9.59 Å². The zero-order valence-electron chi connectivity index (χ0n) is 16.2. The van der Waals surface area contributed by atoms with Crippen LogP contribution in [0.1, 0.15) is 41.6 Å². The summed E-state index contributed by atoms with van der Waals surface area (Å²) in [4.78, 5) is 24.7. The molecule has 2 aromatic rings. The second-order valence-corrected chi connectivity index (χ2v) is 7.35. The zero-order valence-corrected chi connectivity index (χ0v) is 16.2. The highest BCUT2D eigenvalue weighted by molar-refractivity contribution is 5.98. The Kier molecular flexibility index (Phi) is 6.77. The van der Waals surface area contributed by atoms with Crippen molar-refractivity contribution in [2.75, 3.05) is 6.61 Å². The van der Waals surface area contributed by atoms with Crippen LogP contribution in [0.2, 0.25) is 0 Å². The Labute approximate surface area is 172 Å². The molecule has 8 heteroatoms. The predicted molar refractivity (Wildman–Crippen MR) is 106 cm³/mol. The Hall–Kier alpha value is -2.87. The van der Waals surface area contributed by atoms with E-state index in [1.54, 1.807) is 12.1 Å². The molecular formula is C22H23F3N2O3. The molecule has 30 heavy (non-hydrogen) atoms. The van der Waals surface area contributed by atoms with Crippen LogP contribution < -0.4 is 10.6 Å². The second-order valence-electron chi connectivity index (χ2n) is 7.35. The van der Waals surface area contributed by atoms with E-state index in [-0.39, 0.29) is 11.6 Å². The number of hydrogen-bond acceptors (Lipinski definition) is 3. The first kappa shape index (κ1) is 21.8. The van der Waals surface area contributed by atoms with E-state index in [4.69, 9.17) is 0 Å². The van der Waals surface area contributed by atoms with Gasteiger partial charge in [0.1, 0.15) is 6.04 Å². The van der Waals surface area contributed by atoms with E-state index < -0.39 is 36.2 Å². The number of carbonyl (C=O) groups excluding carboxylic acids is 2. The number of carbonyl (C=O) groups is 2. The number of rotatable bonds is 6. The topological polar surface area (TPSA) is 78.4 Å². The molecule has 0 radical (unpaired) electrons. The summed E-state index contributed by atoms with van der Waals surface area (Å²) < 4.78 is 38.0. The van der Waals surface area contributed by atoms with Crippen LogP contribution in [0, 0.1) is 0 Å². The molecule has 0 spiro atoms. The summed E-state index contributed by atoms with van der Waals surface area (Å²) in [5.41, 5.74) is 0.781. The van der Waals surface area contributed by atoms with Crippen LogP contribution in [0.25, 0.3) is 11.1 Å². The first-order valence-electron chi connectivity index (χ1n) is 9.77. The molecule has 1 fully saturated rings. The first-order chi connectivity index (χ1) is 14.3. The normalized spacial score (nSPS) is 15.6. The number of hydrogen-bond donors (Lipinski definition) is 3. The van der Waals surface area contributed by atoms with E-state index in [0.29, 0.717) is 11.1 Å². The molecule has 3 N–H and O–H groups in total. The van der Waals surface area contributed by atoms with Gasteiger partial charge < -0.3 is 15.7 Å². The summed E-state index contributed by atoms with van der Waals surface area (Å²) in [5, 5.41) is 14.8. The SMILES string of the molecule is O=C(N[C@@H](CO)C(=O)NC1CCCC1)c1ccc(-c2ccc(C(F)(F)F)cc2)cc1. The van der Waals surface area contributed by atoms with Crippen molar-refractivity contribution in [3.8, 4) is 11.1 Å². The van der Waals surface area contributed by atoms with Gasteiger partial charge in [-0.15, -0.1) is 0 Å². The largest absolute Gasteiger partial charge is 0.416 e. The number of aliphatic hydroxyl groups is 1. The van der Waals surface area contributed by atoms with E-state index in [9.17, 15) is 27.9 Å². The molecule has 1 atom stereocenters. The Balaban J connectivity index is 1.63. The molecule has 0 unspecified atom stereocenters. The van der Waals surface area contributed by atoms with Gasteiger partial charge in [0.2, 0.25) is 5.91 Å². The van der Waals surface area contributed by atoms with Crippen LogP contribution in [0.4, 0.5) is 13.2 Å². The van der Waals surface area contributed by atoms with Gasteiger partial charge in [-0.1, -0.05) is 37.1 Å². The lowest BCUT2D eigenvalue weighted by Crippen LogP contribution is -2.51. The maximum absolute atomic E-state index is 12.7. The van der Waals surface area contributed by atoms with Crippen LogP contribution >= 0.6 is 0 Å². The average Bonchev–Trinajstić information content (AvgIpc) is 3.24. The van der Waals surface area contributed by atoms with Crippen molar-refractivity contribution >= 4 is 11.8 Å². The van der Waals surface area contributed by atoms with Crippen molar-refractivity contribution in [2.24, 2.45) is 0 Å². The summed E-state index contributed by atoms with van der Waals surface area (Å²) >= 11 is 0. The van der Waals surface area contributed by atoms with Crippen molar-refractivity contribution in [1.82, 2.24) is 10.6 Å². The monoisotopic (exact) mass is 420 g/mol. The molecule has 0 heterocycles. The minimum atomic E-state index is -4.40. The summed E-state index contributed by atoms with van der Waals surface area (Å²) in [7, 11) is 0. The standard InChI is InChI=1S/C22H23F3N2O3/c23-22(24,25)17-11-9-15(10-12-17)14-5-7-16(8-6-14)20(29)27-19(13-28)21(30)26-18-3-1-2-4-18/h5-12,18-19,28H,1-4,13H2,(H,26,30)(H,27,29)/t19-/m0/s1. The van der Waals surface area contributed by atoms with Gasteiger partial charge in [0.05, 0.1) is 12.2 Å². The van der Waals surface area contributed by atoms with E-state index in [2.05, 4.69) is 10.6 Å². The van der Waals surface area contributed by atoms with Crippen molar-refractivity contribution < 1.29 is 27.9 Å². The number of benzene rings is 2. The summed E-state index contributed by atoms with van der Waals surface area (Å²) in [6.07, 6.45) is -0.515. The summed E-state index contributed by atoms with van der Waals surface area (Å²) in [6.45, 7) is -0.520. The van der Waals surface area contributed by atoms with Gasteiger partial charge in [0.15, 0.2) is 0 Å². The van der Waals surface area contributed by atoms with Gasteiger partial charge >= 0.3 is 6.18 Å². The number of nitrogens with one attached hydrogen (secondary N) is 2. The third-order valence-electron chi connectivity index (χ3n) is 5.20. The smallest absolute Gasteiger partial charge is 0.394 e. The van der Waals surface area contributed by atoms with Gasteiger partial charge in [0, 0.05) is 11.6 Å². The fourth-order valence-corrected chi connectivity index (χ4v) is 3.47. The molecule has 2 amide bonds. The molecule has 3 rings (SSSR count). The van der Waals surface area contributed by atoms with E-state index in [1.165, 1.54) is 24.3 Å². The third-order valence-corrected chi connectivity index (χ3v) is 5.20. The minimum Gasteiger partial charge on any atom is -0.394 e. The molecule has 1 saturated carbocycles. The predicted octanol–water partition coefficient (Wildman–Crippen LogP) is 3.52. The molecule has 2 aromatic carbocycles. The minimum absolute atomic E-state index is 0.0754. The molecule has 0 saturated heterocycles. The quantitative estimate of drug-likeness (QED) is 0.669. The Morgan fingerprint density at radius 2 is 1.50 bits per heavy atom. The van der Waals surface area contributed by atoms with Crippen molar-refractivity contribution in [1.29, 1.82) is 0 Å². The van der Waals surface area contributed by atoms with Crippen LogP contribution in [0.5, 0.6) is 0 Å². The van der Waals surface area contributed by atoms with Gasteiger partial charge in [0.25, 0.3) is 5.91 Å². The Morgan fingerprint density at radius 1 is 0.967 bits per heavy atom. The summed E-state index contributed by atoms with van der Waals surface area (Å²) in [6, 6.07) is 10.0. The molecule has 0 aromatic heterocycles. The number of halogens is 3. The Bertz CT molecular complexity index is 874.